The monoisotopic (exact) mass is 352 g/mol. The molecule has 0 heterocycles. The van der Waals surface area contributed by atoms with Crippen LogP contribution in [0.15, 0.2) is 72.8 Å². The SMILES string of the molecule is Cc1ccc(N[C@H](C(=O)Nc2ccc(F)cc2)c2ccccc2)cc1F. The van der Waals surface area contributed by atoms with Gasteiger partial charge in [-0.15, -0.1) is 0 Å². The second kappa shape index (κ2) is 7.78. The van der Waals surface area contributed by atoms with Crippen LogP contribution in [-0.2, 0) is 4.79 Å². The average molecular weight is 352 g/mol. The van der Waals surface area contributed by atoms with E-state index in [9.17, 15) is 13.6 Å². The van der Waals surface area contributed by atoms with E-state index in [1.165, 1.54) is 30.3 Å². The van der Waals surface area contributed by atoms with E-state index in [0.717, 1.165) is 5.56 Å². The van der Waals surface area contributed by atoms with Crippen molar-refractivity contribution in [2.24, 2.45) is 0 Å². The normalized spacial score (nSPS) is 11.7. The fourth-order valence-electron chi connectivity index (χ4n) is 2.54. The van der Waals surface area contributed by atoms with E-state index in [1.807, 2.05) is 30.3 Å². The van der Waals surface area contributed by atoms with Crippen molar-refractivity contribution in [1.82, 2.24) is 0 Å². The fraction of sp³-hybridized carbons (Fsp3) is 0.0952. The maximum atomic E-state index is 13.8. The second-order valence-corrected chi connectivity index (χ2v) is 5.95. The molecule has 3 rings (SSSR count). The van der Waals surface area contributed by atoms with Crippen LogP contribution >= 0.6 is 0 Å². The quantitative estimate of drug-likeness (QED) is 0.673. The van der Waals surface area contributed by atoms with Gasteiger partial charge in [0, 0.05) is 11.4 Å². The van der Waals surface area contributed by atoms with Crippen LogP contribution in [0.5, 0.6) is 0 Å². The molecule has 26 heavy (non-hydrogen) atoms. The van der Waals surface area contributed by atoms with Gasteiger partial charge < -0.3 is 10.6 Å². The number of hydrogen-bond donors (Lipinski definition) is 2. The summed E-state index contributed by atoms with van der Waals surface area (Å²) in [5, 5.41) is 5.82. The molecule has 0 bridgehead atoms. The largest absolute Gasteiger partial charge is 0.370 e. The molecule has 3 aromatic rings. The summed E-state index contributed by atoms with van der Waals surface area (Å²) in [6, 6.07) is 18.6. The molecule has 0 radical (unpaired) electrons. The van der Waals surface area contributed by atoms with Crippen molar-refractivity contribution in [2.75, 3.05) is 10.6 Å². The zero-order chi connectivity index (χ0) is 18.5. The zero-order valence-electron chi connectivity index (χ0n) is 14.2. The van der Waals surface area contributed by atoms with E-state index >= 15 is 0 Å². The van der Waals surface area contributed by atoms with Crippen LogP contribution < -0.4 is 10.6 Å². The van der Waals surface area contributed by atoms with Crippen molar-refractivity contribution < 1.29 is 13.6 Å². The molecule has 3 nitrogen and oxygen atoms in total. The van der Waals surface area contributed by atoms with Crippen molar-refractivity contribution in [2.45, 2.75) is 13.0 Å². The number of carbonyl (C=O) groups excluding carboxylic acids is 1. The van der Waals surface area contributed by atoms with Gasteiger partial charge in [0.15, 0.2) is 0 Å². The van der Waals surface area contributed by atoms with Crippen LogP contribution in [-0.4, -0.2) is 5.91 Å². The molecule has 5 heteroatoms. The molecule has 0 aliphatic heterocycles. The fourth-order valence-corrected chi connectivity index (χ4v) is 2.54. The number of hydrogen-bond acceptors (Lipinski definition) is 2. The number of aryl methyl sites for hydroxylation is 1. The Labute approximate surface area is 150 Å². The third-order valence-electron chi connectivity index (χ3n) is 3.99. The molecule has 1 atom stereocenters. The molecule has 0 fully saturated rings. The Balaban J connectivity index is 1.86. The maximum absolute atomic E-state index is 13.8. The number of amides is 1. The first-order chi connectivity index (χ1) is 12.5. The van der Waals surface area contributed by atoms with E-state index in [4.69, 9.17) is 0 Å². The third kappa shape index (κ3) is 4.25. The summed E-state index contributed by atoms with van der Waals surface area (Å²) in [7, 11) is 0. The highest BCUT2D eigenvalue weighted by Crippen LogP contribution is 2.23. The molecule has 0 unspecified atom stereocenters. The first kappa shape index (κ1) is 17.6. The number of nitrogens with one attached hydrogen (secondary N) is 2. The Hall–Kier alpha value is -3.21. The molecule has 132 valence electrons. The van der Waals surface area contributed by atoms with Gasteiger partial charge >= 0.3 is 0 Å². The summed E-state index contributed by atoms with van der Waals surface area (Å²) in [5.41, 5.74) is 2.24. The first-order valence-corrected chi connectivity index (χ1v) is 8.17. The van der Waals surface area contributed by atoms with Gasteiger partial charge in [-0.2, -0.15) is 0 Å². The molecule has 0 saturated carbocycles. The highest BCUT2D eigenvalue weighted by Gasteiger charge is 2.21. The van der Waals surface area contributed by atoms with E-state index < -0.39 is 6.04 Å². The number of rotatable bonds is 5. The van der Waals surface area contributed by atoms with Crippen LogP contribution in [0, 0.1) is 18.6 Å². The summed E-state index contributed by atoms with van der Waals surface area (Å²) < 4.78 is 26.9. The summed E-state index contributed by atoms with van der Waals surface area (Å²) >= 11 is 0. The Morgan fingerprint density at radius 3 is 2.19 bits per heavy atom. The molecule has 2 N–H and O–H groups in total. The third-order valence-corrected chi connectivity index (χ3v) is 3.99. The Kier molecular flexibility index (Phi) is 5.27. The van der Waals surface area contributed by atoms with Crippen LogP contribution in [0.2, 0.25) is 0 Å². The average Bonchev–Trinajstić information content (AvgIpc) is 2.65. The number of halogens is 2. The summed E-state index contributed by atoms with van der Waals surface area (Å²) in [6.45, 7) is 1.68. The summed E-state index contributed by atoms with van der Waals surface area (Å²) in [5.74, 6) is -1.06. The van der Waals surface area contributed by atoms with Crippen molar-refractivity contribution in [3.63, 3.8) is 0 Å². The molecule has 0 aromatic heterocycles. The van der Waals surface area contributed by atoms with E-state index in [2.05, 4.69) is 10.6 Å². The Morgan fingerprint density at radius 1 is 0.885 bits per heavy atom. The van der Waals surface area contributed by atoms with E-state index in [0.29, 0.717) is 16.9 Å². The van der Waals surface area contributed by atoms with Crippen LogP contribution in [0.1, 0.15) is 17.2 Å². The number of anilines is 2. The topological polar surface area (TPSA) is 41.1 Å². The summed E-state index contributed by atoms with van der Waals surface area (Å²) in [6.07, 6.45) is 0. The minimum Gasteiger partial charge on any atom is -0.370 e. The molecule has 1 amide bonds. The molecule has 0 saturated heterocycles. The van der Waals surface area contributed by atoms with Gasteiger partial charge in [-0.1, -0.05) is 36.4 Å². The Morgan fingerprint density at radius 2 is 1.54 bits per heavy atom. The summed E-state index contributed by atoms with van der Waals surface area (Å²) in [4.78, 5) is 12.8. The predicted octanol–water partition coefficient (Wildman–Crippen LogP) is 5.07. The second-order valence-electron chi connectivity index (χ2n) is 5.95. The van der Waals surface area contributed by atoms with Gasteiger partial charge in [0.2, 0.25) is 0 Å². The lowest BCUT2D eigenvalue weighted by Crippen LogP contribution is -2.27. The van der Waals surface area contributed by atoms with Crippen LogP contribution in [0.25, 0.3) is 0 Å². The van der Waals surface area contributed by atoms with Crippen molar-refractivity contribution in [3.8, 4) is 0 Å². The maximum Gasteiger partial charge on any atom is 0.251 e. The predicted molar refractivity (Wildman–Crippen MR) is 99.0 cm³/mol. The number of benzene rings is 3. The highest BCUT2D eigenvalue weighted by atomic mass is 19.1. The molecular formula is C21H18F2N2O. The lowest BCUT2D eigenvalue weighted by molar-refractivity contribution is -0.117. The first-order valence-electron chi connectivity index (χ1n) is 8.17. The van der Waals surface area contributed by atoms with Gasteiger partial charge in [-0.05, 0) is 54.4 Å². The smallest absolute Gasteiger partial charge is 0.251 e. The van der Waals surface area contributed by atoms with Gasteiger partial charge in [0.1, 0.15) is 17.7 Å². The minimum absolute atomic E-state index is 0.330. The highest BCUT2D eigenvalue weighted by molar-refractivity contribution is 5.97. The lowest BCUT2D eigenvalue weighted by Gasteiger charge is -2.20. The van der Waals surface area contributed by atoms with Crippen molar-refractivity contribution in [3.05, 3.63) is 95.6 Å². The molecular weight excluding hydrogens is 334 g/mol. The molecule has 0 aliphatic rings. The minimum atomic E-state index is -0.733. The van der Waals surface area contributed by atoms with E-state index in [1.54, 1.807) is 19.1 Å². The Bertz CT molecular complexity index is 896. The standard InChI is InChI=1S/C21H18F2N2O/c1-14-7-10-18(13-19(14)23)24-20(15-5-3-2-4-6-15)21(26)25-17-11-8-16(22)9-12-17/h2-13,20,24H,1H3,(H,25,26)/t20-/m0/s1. The van der Waals surface area contributed by atoms with Crippen LogP contribution in [0.4, 0.5) is 20.2 Å². The van der Waals surface area contributed by atoms with Crippen LogP contribution in [0.3, 0.4) is 0 Å². The number of carbonyl (C=O) groups is 1. The zero-order valence-corrected chi connectivity index (χ0v) is 14.2. The van der Waals surface area contributed by atoms with Gasteiger partial charge in [-0.25, -0.2) is 8.78 Å². The van der Waals surface area contributed by atoms with E-state index in [-0.39, 0.29) is 17.5 Å². The molecule has 0 aliphatic carbocycles. The van der Waals surface area contributed by atoms with Gasteiger partial charge in [0.25, 0.3) is 5.91 Å². The van der Waals surface area contributed by atoms with Gasteiger partial charge in [-0.3, -0.25) is 4.79 Å². The van der Waals surface area contributed by atoms with Crippen molar-refractivity contribution >= 4 is 17.3 Å². The van der Waals surface area contributed by atoms with Gasteiger partial charge in [0.05, 0.1) is 0 Å². The van der Waals surface area contributed by atoms with Crippen molar-refractivity contribution in [1.29, 1.82) is 0 Å². The molecule has 3 aromatic carbocycles. The lowest BCUT2D eigenvalue weighted by atomic mass is 10.1. The molecule has 0 spiro atoms.